The zero-order valence-electron chi connectivity index (χ0n) is 16.1. The van der Waals surface area contributed by atoms with Gasteiger partial charge in [0.1, 0.15) is 10.6 Å². The Balaban J connectivity index is 2.11. The second-order valence-electron chi connectivity index (χ2n) is 5.83. The van der Waals surface area contributed by atoms with Crippen molar-refractivity contribution in [3.63, 3.8) is 0 Å². The zero-order chi connectivity index (χ0) is 21.6. The Morgan fingerprint density at radius 1 is 1.14 bits per heavy atom. The number of amides is 1. The largest absolute Gasteiger partial charge is 0.462 e. The van der Waals surface area contributed by atoms with Gasteiger partial charge in [-0.2, -0.15) is 0 Å². The predicted molar refractivity (Wildman–Crippen MR) is 106 cm³/mol. The van der Waals surface area contributed by atoms with Gasteiger partial charge in [-0.05, 0) is 31.9 Å². The molecule has 0 aliphatic carbocycles. The SMILES string of the molecule is CCOC(=O)c1c(NC(=O)COC(=O)c2ccccc2[N+](=O)[O-])sc(CC)c1C. The van der Waals surface area contributed by atoms with E-state index < -0.39 is 35.1 Å². The van der Waals surface area contributed by atoms with E-state index in [0.29, 0.717) is 11.4 Å². The fraction of sp³-hybridized carbons (Fsp3) is 0.316. The van der Waals surface area contributed by atoms with Gasteiger partial charge >= 0.3 is 11.9 Å². The van der Waals surface area contributed by atoms with Gasteiger partial charge in [0, 0.05) is 10.9 Å². The topological polar surface area (TPSA) is 125 Å². The lowest BCUT2D eigenvalue weighted by atomic mass is 10.1. The average molecular weight is 420 g/mol. The number of nitrogens with zero attached hydrogens (tertiary/aromatic N) is 1. The number of anilines is 1. The maximum atomic E-state index is 12.2. The minimum absolute atomic E-state index is 0.191. The molecule has 0 atom stereocenters. The summed E-state index contributed by atoms with van der Waals surface area (Å²) in [6, 6.07) is 5.29. The number of aryl methyl sites for hydroxylation is 1. The first-order valence-corrected chi connectivity index (χ1v) is 9.61. The molecular weight excluding hydrogens is 400 g/mol. The van der Waals surface area contributed by atoms with Gasteiger partial charge in [0.15, 0.2) is 6.61 Å². The summed E-state index contributed by atoms with van der Waals surface area (Å²) in [5.74, 6) is -2.21. The molecule has 10 heteroatoms. The van der Waals surface area contributed by atoms with E-state index in [9.17, 15) is 24.5 Å². The fourth-order valence-corrected chi connectivity index (χ4v) is 3.76. The zero-order valence-corrected chi connectivity index (χ0v) is 17.0. The monoisotopic (exact) mass is 420 g/mol. The highest BCUT2D eigenvalue weighted by Gasteiger charge is 2.24. The van der Waals surface area contributed by atoms with Gasteiger partial charge in [-0.15, -0.1) is 11.3 Å². The molecule has 29 heavy (non-hydrogen) atoms. The second-order valence-corrected chi connectivity index (χ2v) is 6.93. The summed E-state index contributed by atoms with van der Waals surface area (Å²) in [5.41, 5.74) is 0.331. The van der Waals surface area contributed by atoms with Crippen LogP contribution in [-0.2, 0) is 20.7 Å². The molecule has 1 N–H and O–H groups in total. The molecule has 0 unspecified atom stereocenters. The molecule has 0 saturated carbocycles. The van der Waals surface area contributed by atoms with Crippen LogP contribution in [0.4, 0.5) is 10.7 Å². The van der Waals surface area contributed by atoms with E-state index in [4.69, 9.17) is 9.47 Å². The number of nitrogens with one attached hydrogen (secondary N) is 1. The Kier molecular flexibility index (Phi) is 7.43. The molecular formula is C19H20N2O7S. The lowest BCUT2D eigenvalue weighted by molar-refractivity contribution is -0.385. The van der Waals surface area contributed by atoms with Crippen LogP contribution in [0.2, 0.25) is 0 Å². The number of benzene rings is 1. The molecule has 2 aromatic rings. The van der Waals surface area contributed by atoms with Gasteiger partial charge in [0.25, 0.3) is 11.6 Å². The van der Waals surface area contributed by atoms with Crippen molar-refractivity contribution >= 4 is 39.9 Å². The van der Waals surface area contributed by atoms with Crippen LogP contribution in [0.1, 0.15) is 45.0 Å². The fourth-order valence-electron chi connectivity index (χ4n) is 2.61. The van der Waals surface area contributed by atoms with Crippen LogP contribution in [0.5, 0.6) is 0 Å². The Bertz CT molecular complexity index is 952. The summed E-state index contributed by atoms with van der Waals surface area (Å²) in [7, 11) is 0. The Labute approximate surface area is 170 Å². The molecule has 0 bridgehead atoms. The van der Waals surface area contributed by atoms with Crippen molar-refractivity contribution in [1.29, 1.82) is 0 Å². The van der Waals surface area contributed by atoms with Gasteiger partial charge in [-0.1, -0.05) is 19.1 Å². The van der Waals surface area contributed by atoms with Crippen molar-refractivity contribution in [1.82, 2.24) is 0 Å². The van der Waals surface area contributed by atoms with Gasteiger partial charge in [0.2, 0.25) is 0 Å². The van der Waals surface area contributed by atoms with E-state index >= 15 is 0 Å². The third kappa shape index (κ3) is 5.17. The molecule has 0 aliphatic heterocycles. The van der Waals surface area contributed by atoms with E-state index in [1.165, 1.54) is 35.6 Å². The van der Waals surface area contributed by atoms with Gasteiger partial charge < -0.3 is 14.8 Å². The molecule has 1 heterocycles. The molecule has 0 aliphatic rings. The van der Waals surface area contributed by atoms with E-state index in [1.54, 1.807) is 13.8 Å². The molecule has 2 rings (SSSR count). The van der Waals surface area contributed by atoms with E-state index in [0.717, 1.165) is 10.4 Å². The number of carbonyl (C=O) groups is 3. The lowest BCUT2D eigenvalue weighted by Gasteiger charge is -2.08. The number of hydrogen-bond donors (Lipinski definition) is 1. The summed E-state index contributed by atoms with van der Waals surface area (Å²) in [6.45, 7) is 4.91. The minimum atomic E-state index is -0.991. The third-order valence-electron chi connectivity index (χ3n) is 3.95. The standard InChI is InChI=1S/C19H20N2O7S/c1-4-14-11(3)16(19(24)27-5-2)17(29-14)20-15(22)10-28-18(23)12-8-6-7-9-13(12)21(25)26/h6-9H,4-5,10H2,1-3H3,(H,20,22). The molecule has 0 radical (unpaired) electrons. The Hall–Kier alpha value is -3.27. The number of carbonyl (C=O) groups excluding carboxylic acids is 3. The number of nitro groups is 1. The van der Waals surface area contributed by atoms with Crippen molar-refractivity contribution < 1.29 is 28.8 Å². The molecule has 0 saturated heterocycles. The van der Waals surface area contributed by atoms with E-state index in [1.807, 2.05) is 6.92 Å². The Morgan fingerprint density at radius 2 is 1.83 bits per heavy atom. The van der Waals surface area contributed by atoms with Crippen molar-refractivity contribution in [3.05, 3.63) is 55.9 Å². The summed E-state index contributed by atoms with van der Waals surface area (Å²) in [6.07, 6.45) is 0.672. The van der Waals surface area contributed by atoms with Crippen molar-refractivity contribution in [2.75, 3.05) is 18.5 Å². The number of esters is 2. The Morgan fingerprint density at radius 3 is 2.45 bits per heavy atom. The lowest BCUT2D eigenvalue weighted by Crippen LogP contribution is -2.22. The molecule has 0 fully saturated rings. The summed E-state index contributed by atoms with van der Waals surface area (Å²) < 4.78 is 9.94. The highest BCUT2D eigenvalue weighted by atomic mass is 32.1. The molecule has 0 spiro atoms. The first-order valence-electron chi connectivity index (χ1n) is 8.79. The van der Waals surface area contributed by atoms with Crippen LogP contribution in [-0.4, -0.2) is 36.0 Å². The minimum Gasteiger partial charge on any atom is -0.462 e. The van der Waals surface area contributed by atoms with Gasteiger partial charge in [-0.3, -0.25) is 14.9 Å². The van der Waals surface area contributed by atoms with Gasteiger partial charge in [0.05, 0.1) is 17.1 Å². The highest BCUT2D eigenvalue weighted by Crippen LogP contribution is 2.34. The number of para-hydroxylation sites is 1. The first-order chi connectivity index (χ1) is 13.8. The van der Waals surface area contributed by atoms with Crippen LogP contribution in [0.25, 0.3) is 0 Å². The quantitative estimate of drug-likeness (QED) is 0.393. The number of rotatable bonds is 8. The van der Waals surface area contributed by atoms with E-state index in [-0.39, 0.29) is 17.7 Å². The average Bonchev–Trinajstić information content (AvgIpc) is 3.01. The molecule has 1 aromatic heterocycles. The van der Waals surface area contributed by atoms with Crippen molar-refractivity contribution in [2.45, 2.75) is 27.2 Å². The molecule has 1 amide bonds. The van der Waals surface area contributed by atoms with Crippen LogP contribution >= 0.6 is 11.3 Å². The third-order valence-corrected chi connectivity index (χ3v) is 5.31. The van der Waals surface area contributed by atoms with Crippen LogP contribution < -0.4 is 5.32 Å². The van der Waals surface area contributed by atoms with Crippen molar-refractivity contribution in [3.8, 4) is 0 Å². The maximum Gasteiger partial charge on any atom is 0.345 e. The number of ether oxygens (including phenoxy) is 2. The van der Waals surface area contributed by atoms with Crippen LogP contribution in [0.3, 0.4) is 0 Å². The molecule has 1 aromatic carbocycles. The van der Waals surface area contributed by atoms with E-state index in [2.05, 4.69) is 5.32 Å². The highest BCUT2D eigenvalue weighted by molar-refractivity contribution is 7.17. The van der Waals surface area contributed by atoms with Gasteiger partial charge in [-0.25, -0.2) is 9.59 Å². The summed E-state index contributed by atoms with van der Waals surface area (Å²) in [5, 5.41) is 13.9. The summed E-state index contributed by atoms with van der Waals surface area (Å²) >= 11 is 1.24. The summed E-state index contributed by atoms with van der Waals surface area (Å²) in [4.78, 5) is 47.8. The first kappa shape index (κ1) is 22.0. The van der Waals surface area contributed by atoms with Crippen LogP contribution in [0.15, 0.2) is 24.3 Å². The number of thiophene rings is 1. The number of nitro benzene ring substituents is 1. The molecule has 9 nitrogen and oxygen atoms in total. The number of hydrogen-bond acceptors (Lipinski definition) is 8. The normalized spacial score (nSPS) is 10.3. The smallest absolute Gasteiger partial charge is 0.345 e. The molecule has 154 valence electrons. The van der Waals surface area contributed by atoms with Crippen molar-refractivity contribution in [2.24, 2.45) is 0 Å². The predicted octanol–water partition coefficient (Wildman–Crippen LogP) is 3.50. The second kappa shape index (κ2) is 9.78. The van der Waals surface area contributed by atoms with Crippen LogP contribution in [0, 0.1) is 17.0 Å². The maximum absolute atomic E-state index is 12.2.